The van der Waals surface area contributed by atoms with Gasteiger partial charge in [0.15, 0.2) is 5.65 Å². The Morgan fingerprint density at radius 3 is 2.28 bits per heavy atom. The molecule has 5 rings (SSSR count). The summed E-state index contributed by atoms with van der Waals surface area (Å²) in [6.07, 6.45) is 5.30. The highest BCUT2D eigenvalue weighted by atomic mass is 16.4. The van der Waals surface area contributed by atoms with Gasteiger partial charge in [-0.1, -0.05) is 31.4 Å². The minimum absolute atomic E-state index is 0.123. The van der Waals surface area contributed by atoms with Crippen molar-refractivity contribution < 1.29 is 14.7 Å². The number of rotatable bonds is 4. The minimum atomic E-state index is -1.01. The zero-order valence-corrected chi connectivity index (χ0v) is 17.4. The van der Waals surface area contributed by atoms with E-state index in [1.165, 1.54) is 18.6 Å². The van der Waals surface area contributed by atoms with E-state index >= 15 is 0 Å². The standard InChI is InChI=1S/C24H23N5O3/c25-21-19(23(30)26-15-6-2-1-3-7-15)20-22(28-18-9-5-4-8-17(18)27-20)29(21)16-12-10-14(11-13-16)24(31)32/h4-5,8-13,15H,1-3,6-7,25H2,(H,26,30)(H,31,32). The molecule has 0 unspecified atom stereocenters. The highest BCUT2D eigenvalue weighted by molar-refractivity contribution is 6.11. The van der Waals surface area contributed by atoms with Gasteiger partial charge in [0.2, 0.25) is 0 Å². The number of para-hydroxylation sites is 2. The Morgan fingerprint density at radius 2 is 1.62 bits per heavy atom. The van der Waals surface area contributed by atoms with Crippen LogP contribution < -0.4 is 11.1 Å². The number of nitrogens with one attached hydrogen (secondary N) is 1. The van der Waals surface area contributed by atoms with Crippen molar-refractivity contribution in [2.24, 2.45) is 0 Å². The van der Waals surface area contributed by atoms with Gasteiger partial charge in [0.1, 0.15) is 16.9 Å². The smallest absolute Gasteiger partial charge is 0.335 e. The highest BCUT2D eigenvalue weighted by Crippen LogP contribution is 2.31. The first-order valence-electron chi connectivity index (χ1n) is 10.7. The van der Waals surface area contributed by atoms with Crippen LogP contribution in [-0.2, 0) is 0 Å². The summed E-state index contributed by atoms with van der Waals surface area (Å²) in [5.41, 5.74) is 9.83. The van der Waals surface area contributed by atoms with Crippen LogP contribution >= 0.6 is 0 Å². The monoisotopic (exact) mass is 429 g/mol. The average Bonchev–Trinajstić information content (AvgIpc) is 3.09. The molecular formula is C24H23N5O3. The maximum atomic E-state index is 13.3. The lowest BCUT2D eigenvalue weighted by Crippen LogP contribution is -2.36. The molecule has 0 aliphatic heterocycles. The largest absolute Gasteiger partial charge is 0.478 e. The van der Waals surface area contributed by atoms with Crippen LogP contribution in [0.4, 0.5) is 5.82 Å². The third-order valence-corrected chi connectivity index (χ3v) is 6.04. The summed E-state index contributed by atoms with van der Waals surface area (Å²) >= 11 is 0. The van der Waals surface area contributed by atoms with Crippen LogP contribution in [0.3, 0.4) is 0 Å². The number of amides is 1. The molecule has 0 atom stereocenters. The van der Waals surface area contributed by atoms with Crippen LogP contribution in [0.2, 0.25) is 0 Å². The molecule has 4 aromatic rings. The molecule has 2 heterocycles. The number of nitrogen functional groups attached to an aromatic ring is 1. The number of nitrogens with two attached hydrogens (primary N) is 1. The van der Waals surface area contributed by atoms with E-state index in [1.54, 1.807) is 16.7 Å². The number of nitrogens with zero attached hydrogens (tertiary/aromatic N) is 3. The molecule has 4 N–H and O–H groups in total. The van der Waals surface area contributed by atoms with Gasteiger partial charge in [-0.15, -0.1) is 0 Å². The second kappa shape index (κ2) is 7.96. The zero-order chi connectivity index (χ0) is 22.2. The van der Waals surface area contributed by atoms with Gasteiger partial charge in [-0.3, -0.25) is 9.36 Å². The van der Waals surface area contributed by atoms with Crippen molar-refractivity contribution in [3.8, 4) is 5.69 Å². The number of hydrogen-bond donors (Lipinski definition) is 3. The van der Waals surface area contributed by atoms with Gasteiger partial charge < -0.3 is 16.2 Å². The van der Waals surface area contributed by atoms with Crippen molar-refractivity contribution in [2.45, 2.75) is 38.1 Å². The molecule has 1 aliphatic carbocycles. The lowest BCUT2D eigenvalue weighted by Gasteiger charge is -2.22. The van der Waals surface area contributed by atoms with Gasteiger partial charge in [0.05, 0.1) is 16.6 Å². The van der Waals surface area contributed by atoms with Crippen LogP contribution in [0.25, 0.3) is 27.9 Å². The van der Waals surface area contributed by atoms with E-state index in [4.69, 9.17) is 15.7 Å². The van der Waals surface area contributed by atoms with Crippen molar-refractivity contribution in [3.63, 3.8) is 0 Å². The highest BCUT2D eigenvalue weighted by Gasteiger charge is 2.27. The predicted octanol–water partition coefficient (Wildman–Crippen LogP) is 3.92. The summed E-state index contributed by atoms with van der Waals surface area (Å²) in [5.74, 6) is -1.04. The summed E-state index contributed by atoms with van der Waals surface area (Å²) in [4.78, 5) is 34.0. The lowest BCUT2D eigenvalue weighted by atomic mass is 9.95. The van der Waals surface area contributed by atoms with Gasteiger partial charge in [0.25, 0.3) is 5.91 Å². The summed E-state index contributed by atoms with van der Waals surface area (Å²) in [5, 5.41) is 12.3. The molecule has 2 aromatic carbocycles. The number of aromatic carboxylic acids is 1. The Labute approximate surface area is 184 Å². The Morgan fingerprint density at radius 1 is 0.969 bits per heavy atom. The molecule has 32 heavy (non-hydrogen) atoms. The van der Waals surface area contributed by atoms with E-state index in [2.05, 4.69) is 5.32 Å². The third kappa shape index (κ3) is 3.43. The minimum Gasteiger partial charge on any atom is -0.478 e. The topological polar surface area (TPSA) is 123 Å². The molecule has 1 amide bonds. The van der Waals surface area contributed by atoms with E-state index in [0.717, 1.165) is 25.7 Å². The van der Waals surface area contributed by atoms with Crippen LogP contribution in [0, 0.1) is 0 Å². The average molecular weight is 429 g/mol. The first-order chi connectivity index (χ1) is 15.5. The van der Waals surface area contributed by atoms with Gasteiger partial charge in [0, 0.05) is 11.7 Å². The van der Waals surface area contributed by atoms with Gasteiger partial charge in [-0.05, 0) is 49.2 Å². The van der Waals surface area contributed by atoms with Crippen molar-refractivity contribution in [1.29, 1.82) is 0 Å². The number of hydrogen-bond acceptors (Lipinski definition) is 5. The Hall–Kier alpha value is -3.94. The van der Waals surface area contributed by atoms with E-state index < -0.39 is 5.97 Å². The second-order valence-corrected chi connectivity index (χ2v) is 8.14. The van der Waals surface area contributed by atoms with Crippen molar-refractivity contribution in [1.82, 2.24) is 19.9 Å². The number of carbonyl (C=O) groups excluding carboxylic acids is 1. The summed E-state index contributed by atoms with van der Waals surface area (Å²) in [6, 6.07) is 13.9. The number of anilines is 1. The molecule has 8 heteroatoms. The molecule has 0 radical (unpaired) electrons. The van der Waals surface area contributed by atoms with Crippen LogP contribution in [-0.4, -0.2) is 37.6 Å². The predicted molar refractivity (Wildman–Crippen MR) is 122 cm³/mol. The molecular weight excluding hydrogens is 406 g/mol. The molecule has 1 saturated carbocycles. The summed E-state index contributed by atoms with van der Waals surface area (Å²) < 4.78 is 1.66. The Kier molecular flexibility index (Phi) is 4.97. The first-order valence-corrected chi connectivity index (χ1v) is 10.7. The SMILES string of the molecule is Nc1c(C(=O)NC2CCCCC2)c2nc3ccccc3nc2n1-c1ccc(C(=O)O)cc1. The number of fused-ring (bicyclic) bond motifs is 2. The fourth-order valence-electron chi connectivity index (χ4n) is 4.40. The summed E-state index contributed by atoms with van der Waals surface area (Å²) in [6.45, 7) is 0. The van der Waals surface area contributed by atoms with E-state index in [0.29, 0.717) is 33.4 Å². The third-order valence-electron chi connectivity index (χ3n) is 6.04. The maximum absolute atomic E-state index is 13.3. The quantitative estimate of drug-likeness (QED) is 0.452. The molecule has 0 saturated heterocycles. The molecule has 162 valence electrons. The van der Waals surface area contributed by atoms with E-state index in [1.807, 2.05) is 24.3 Å². The van der Waals surface area contributed by atoms with Gasteiger partial charge >= 0.3 is 5.97 Å². The Balaban J connectivity index is 1.68. The number of carboxylic acids is 1. The van der Waals surface area contributed by atoms with Gasteiger partial charge in [-0.2, -0.15) is 0 Å². The maximum Gasteiger partial charge on any atom is 0.335 e. The number of benzene rings is 2. The fourth-order valence-corrected chi connectivity index (χ4v) is 4.40. The van der Waals surface area contributed by atoms with Crippen molar-refractivity contribution in [3.05, 3.63) is 59.7 Å². The lowest BCUT2D eigenvalue weighted by molar-refractivity contribution is 0.0696. The Bertz CT molecular complexity index is 1340. The van der Waals surface area contributed by atoms with E-state index in [-0.39, 0.29) is 23.3 Å². The fraction of sp³-hybridized carbons (Fsp3) is 0.250. The number of carboxylic acid groups (broad SMARTS) is 1. The first kappa shape index (κ1) is 20.0. The molecule has 1 aliphatic rings. The van der Waals surface area contributed by atoms with Crippen molar-refractivity contribution in [2.75, 3.05) is 5.73 Å². The van der Waals surface area contributed by atoms with Crippen LogP contribution in [0.15, 0.2) is 48.5 Å². The molecule has 0 bridgehead atoms. The second-order valence-electron chi connectivity index (χ2n) is 8.14. The van der Waals surface area contributed by atoms with Crippen LogP contribution in [0.1, 0.15) is 52.8 Å². The molecule has 2 aromatic heterocycles. The zero-order valence-electron chi connectivity index (χ0n) is 17.4. The molecule has 8 nitrogen and oxygen atoms in total. The number of aromatic nitrogens is 3. The van der Waals surface area contributed by atoms with Crippen molar-refractivity contribution >= 4 is 39.9 Å². The van der Waals surface area contributed by atoms with Gasteiger partial charge in [-0.25, -0.2) is 14.8 Å². The summed E-state index contributed by atoms with van der Waals surface area (Å²) in [7, 11) is 0. The van der Waals surface area contributed by atoms with E-state index in [9.17, 15) is 14.7 Å². The molecule has 0 spiro atoms. The normalized spacial score (nSPS) is 14.6. The number of carbonyl (C=O) groups is 2. The van der Waals surface area contributed by atoms with Crippen LogP contribution in [0.5, 0.6) is 0 Å². The molecule has 1 fully saturated rings.